The van der Waals surface area contributed by atoms with Gasteiger partial charge in [-0.15, -0.1) is 11.6 Å². The first-order valence-electron chi connectivity index (χ1n) is 5.60. The van der Waals surface area contributed by atoms with Crippen molar-refractivity contribution in [3.8, 4) is 11.5 Å². The van der Waals surface area contributed by atoms with E-state index >= 15 is 0 Å². The first kappa shape index (κ1) is 18.1. The minimum atomic E-state index is -0.530. The highest BCUT2D eigenvalue weighted by Gasteiger charge is 2.35. The minimum Gasteiger partial charge on any atom is -0.454 e. The van der Waals surface area contributed by atoms with Crippen LogP contribution in [0.15, 0.2) is 24.0 Å². The number of fused-ring (bicyclic) bond motifs is 2. The standard InChI is InChI=1S/C13H2Br4Cl4O/c14-3-1-2-8(18)4-9(19)11(21)10(20)7(17)13(4)22-12(2)6(16)5(3)15/h1,8H. The molecule has 1 heterocycles. The molecule has 3 rings (SSSR count). The SMILES string of the molecule is Clc1c(Cl)c(Br)c2c(c1Cl)C(Cl)c1cc(Br)c(Br)c(Br)c1O2. The Labute approximate surface area is 180 Å². The number of rotatable bonds is 0. The highest BCUT2D eigenvalue weighted by Crippen LogP contribution is 2.58. The molecule has 0 saturated carbocycles. The number of halogens is 8. The van der Waals surface area contributed by atoms with Crippen molar-refractivity contribution in [1.82, 2.24) is 0 Å². The molecule has 0 N–H and O–H groups in total. The van der Waals surface area contributed by atoms with Gasteiger partial charge in [-0.05, 0) is 69.8 Å². The quantitative estimate of drug-likeness (QED) is 0.159. The van der Waals surface area contributed by atoms with Crippen LogP contribution in [0.2, 0.25) is 15.1 Å². The van der Waals surface area contributed by atoms with E-state index in [0.29, 0.717) is 21.5 Å². The number of ether oxygens (including phenoxy) is 1. The van der Waals surface area contributed by atoms with E-state index in [1.165, 1.54) is 0 Å². The maximum atomic E-state index is 6.63. The summed E-state index contributed by atoms with van der Waals surface area (Å²) in [5, 5.41) is 0.274. The van der Waals surface area contributed by atoms with E-state index < -0.39 is 5.38 Å². The maximum Gasteiger partial charge on any atom is 0.149 e. The summed E-state index contributed by atoms with van der Waals surface area (Å²) in [6, 6.07) is 1.87. The van der Waals surface area contributed by atoms with Gasteiger partial charge in [0.25, 0.3) is 0 Å². The molecule has 0 aliphatic carbocycles. The van der Waals surface area contributed by atoms with Crippen LogP contribution in [-0.4, -0.2) is 0 Å². The molecular formula is C13H2Br4Cl4O. The van der Waals surface area contributed by atoms with Gasteiger partial charge in [-0.2, -0.15) is 0 Å². The van der Waals surface area contributed by atoms with Gasteiger partial charge in [0.15, 0.2) is 0 Å². The molecule has 1 aliphatic heterocycles. The lowest BCUT2D eigenvalue weighted by Gasteiger charge is -2.28. The predicted molar refractivity (Wildman–Crippen MR) is 106 cm³/mol. The molecule has 2 aromatic carbocycles. The molecule has 0 saturated heterocycles. The van der Waals surface area contributed by atoms with Gasteiger partial charge in [0, 0.05) is 20.1 Å². The molecular weight excluding hydrogens is 634 g/mol. The van der Waals surface area contributed by atoms with E-state index in [9.17, 15) is 0 Å². The summed E-state index contributed by atoms with van der Waals surface area (Å²) in [7, 11) is 0. The van der Waals surface area contributed by atoms with Gasteiger partial charge in [-0.3, -0.25) is 0 Å². The van der Waals surface area contributed by atoms with E-state index in [1.54, 1.807) is 0 Å². The molecule has 2 aromatic rings. The van der Waals surface area contributed by atoms with Crippen LogP contribution in [0.5, 0.6) is 11.5 Å². The topological polar surface area (TPSA) is 9.23 Å². The van der Waals surface area contributed by atoms with Gasteiger partial charge in [0.1, 0.15) is 11.5 Å². The van der Waals surface area contributed by atoms with Crippen molar-refractivity contribution in [1.29, 1.82) is 0 Å². The highest BCUT2D eigenvalue weighted by molar-refractivity contribution is 9.14. The van der Waals surface area contributed by atoms with E-state index in [-0.39, 0.29) is 15.1 Å². The van der Waals surface area contributed by atoms with Crippen LogP contribution >= 0.6 is 110 Å². The molecule has 0 fully saturated rings. The summed E-state index contributed by atoms with van der Waals surface area (Å²) in [5.74, 6) is 1.06. The van der Waals surface area contributed by atoms with Crippen molar-refractivity contribution in [3.63, 3.8) is 0 Å². The molecule has 0 amide bonds. The number of benzene rings is 2. The zero-order valence-corrected chi connectivity index (χ0v) is 19.5. The lowest BCUT2D eigenvalue weighted by molar-refractivity contribution is 0.452. The normalized spacial score (nSPS) is 16.1. The maximum absolute atomic E-state index is 6.63. The van der Waals surface area contributed by atoms with Crippen molar-refractivity contribution in [2.24, 2.45) is 0 Å². The van der Waals surface area contributed by atoms with Gasteiger partial charge in [-0.25, -0.2) is 0 Å². The Balaban J connectivity index is 2.35. The molecule has 0 spiro atoms. The lowest BCUT2D eigenvalue weighted by atomic mass is 9.99. The highest BCUT2D eigenvalue weighted by atomic mass is 79.9. The zero-order chi connectivity index (χ0) is 16.3. The molecule has 116 valence electrons. The van der Waals surface area contributed by atoms with E-state index in [2.05, 4.69) is 63.7 Å². The Hall–Kier alpha value is 1.32. The molecule has 0 radical (unpaired) electrons. The van der Waals surface area contributed by atoms with Crippen molar-refractivity contribution in [3.05, 3.63) is 50.2 Å². The van der Waals surface area contributed by atoms with Crippen molar-refractivity contribution < 1.29 is 4.74 Å². The van der Waals surface area contributed by atoms with E-state index in [1.807, 2.05) is 6.07 Å². The molecule has 1 nitrogen and oxygen atoms in total. The molecule has 22 heavy (non-hydrogen) atoms. The minimum absolute atomic E-state index is 0.238. The molecule has 0 bridgehead atoms. The molecule has 0 aromatic heterocycles. The third kappa shape index (κ3) is 2.68. The Kier molecular flexibility index (Phi) is 5.41. The van der Waals surface area contributed by atoms with Crippen LogP contribution in [0.4, 0.5) is 0 Å². The molecule has 9 heteroatoms. The van der Waals surface area contributed by atoms with Crippen LogP contribution in [0, 0.1) is 0 Å². The van der Waals surface area contributed by atoms with Gasteiger partial charge < -0.3 is 4.74 Å². The number of hydrogen-bond donors (Lipinski definition) is 0. The Morgan fingerprint density at radius 3 is 2.09 bits per heavy atom. The summed E-state index contributed by atoms with van der Waals surface area (Å²) in [5.41, 5.74) is 1.35. The largest absolute Gasteiger partial charge is 0.454 e. The average Bonchev–Trinajstić information content (AvgIpc) is 2.49. The first-order chi connectivity index (χ1) is 10.3. The van der Waals surface area contributed by atoms with E-state index in [0.717, 1.165) is 19.0 Å². The fourth-order valence-corrected chi connectivity index (χ4v) is 5.38. The van der Waals surface area contributed by atoms with Crippen LogP contribution in [-0.2, 0) is 0 Å². The van der Waals surface area contributed by atoms with Gasteiger partial charge in [0.2, 0.25) is 0 Å². The average molecular weight is 636 g/mol. The fraction of sp³-hybridized carbons (Fsp3) is 0.0769. The number of alkyl halides is 1. The van der Waals surface area contributed by atoms with Gasteiger partial charge in [-0.1, -0.05) is 34.8 Å². The number of hydrogen-bond acceptors (Lipinski definition) is 1. The summed E-state index contributed by atoms with van der Waals surface area (Å²) in [6.45, 7) is 0. The van der Waals surface area contributed by atoms with Crippen molar-refractivity contribution in [2.45, 2.75) is 5.38 Å². The lowest BCUT2D eigenvalue weighted by Crippen LogP contribution is -2.09. The summed E-state index contributed by atoms with van der Waals surface area (Å²) in [4.78, 5) is 0. The zero-order valence-electron chi connectivity index (χ0n) is 10.1. The van der Waals surface area contributed by atoms with Crippen LogP contribution in [0.3, 0.4) is 0 Å². The first-order valence-corrected chi connectivity index (χ1v) is 10.3. The van der Waals surface area contributed by atoms with Gasteiger partial charge in [0.05, 0.1) is 29.4 Å². The Morgan fingerprint density at radius 2 is 1.45 bits per heavy atom. The fourth-order valence-electron chi connectivity index (χ4n) is 2.10. The van der Waals surface area contributed by atoms with Crippen LogP contribution in [0.1, 0.15) is 16.5 Å². The van der Waals surface area contributed by atoms with Crippen LogP contribution < -0.4 is 4.74 Å². The third-order valence-electron chi connectivity index (χ3n) is 3.14. The van der Waals surface area contributed by atoms with Gasteiger partial charge >= 0.3 is 0 Å². The molecule has 1 atom stereocenters. The Morgan fingerprint density at radius 1 is 0.818 bits per heavy atom. The second kappa shape index (κ2) is 6.56. The molecule has 1 unspecified atom stereocenters. The third-order valence-corrected chi connectivity index (χ3v) is 9.19. The summed E-state index contributed by atoms with van der Waals surface area (Å²) >= 11 is 39.1. The second-order valence-electron chi connectivity index (χ2n) is 4.37. The predicted octanol–water partition coefficient (Wildman–Crippen LogP) is 9.13. The van der Waals surface area contributed by atoms with E-state index in [4.69, 9.17) is 51.1 Å². The molecule has 1 aliphatic rings. The summed E-state index contributed by atoms with van der Waals surface area (Å²) < 4.78 is 8.92. The van der Waals surface area contributed by atoms with Crippen molar-refractivity contribution in [2.75, 3.05) is 0 Å². The second-order valence-corrected chi connectivity index (χ2v) is 9.17. The smallest absolute Gasteiger partial charge is 0.149 e. The van der Waals surface area contributed by atoms with Crippen LogP contribution in [0.25, 0.3) is 0 Å². The summed E-state index contributed by atoms with van der Waals surface area (Å²) in [6.07, 6.45) is 0. The Bertz CT molecular complexity index is 825. The van der Waals surface area contributed by atoms with Crippen molar-refractivity contribution >= 4 is 110 Å². The monoisotopic (exact) mass is 630 g/mol.